The van der Waals surface area contributed by atoms with E-state index in [1.165, 1.54) is 5.56 Å². The molecule has 2 aromatic rings. The minimum absolute atomic E-state index is 0.227. The molecular weight excluding hydrogens is 212 g/mol. The smallest absolute Gasteiger partial charge is 0.169 e. The second-order valence-corrected chi connectivity index (χ2v) is 4.56. The third-order valence-electron chi connectivity index (χ3n) is 2.76. The van der Waals surface area contributed by atoms with Crippen LogP contribution in [0.3, 0.4) is 0 Å². The van der Waals surface area contributed by atoms with E-state index in [1.54, 1.807) is 0 Å². The molecule has 0 saturated heterocycles. The molecule has 0 aliphatic heterocycles. The van der Waals surface area contributed by atoms with Gasteiger partial charge in [-0.2, -0.15) is 5.10 Å². The highest BCUT2D eigenvalue weighted by Crippen LogP contribution is 2.32. The third-order valence-corrected chi connectivity index (χ3v) is 2.76. The van der Waals surface area contributed by atoms with Gasteiger partial charge in [-0.3, -0.25) is 4.68 Å². The first-order valence-corrected chi connectivity index (χ1v) is 5.71. The van der Waals surface area contributed by atoms with Gasteiger partial charge in [0, 0.05) is 11.6 Å². The van der Waals surface area contributed by atoms with Crippen molar-refractivity contribution in [3.8, 4) is 11.3 Å². The minimum Gasteiger partial charge on any atom is -0.394 e. The third kappa shape index (κ3) is 1.98. The number of nitrogen functional groups attached to an aromatic ring is 2. The van der Waals surface area contributed by atoms with Gasteiger partial charge in [0.1, 0.15) is 5.69 Å². The summed E-state index contributed by atoms with van der Waals surface area (Å²) in [4.78, 5) is 0. The Kier molecular flexibility index (Phi) is 2.79. The maximum Gasteiger partial charge on any atom is 0.169 e. The zero-order valence-corrected chi connectivity index (χ0v) is 10.4. The van der Waals surface area contributed by atoms with Gasteiger partial charge in [-0.25, -0.2) is 0 Å². The molecule has 4 nitrogen and oxygen atoms in total. The first-order chi connectivity index (χ1) is 8.00. The second kappa shape index (κ2) is 4.13. The second-order valence-electron chi connectivity index (χ2n) is 4.56. The van der Waals surface area contributed by atoms with Crippen LogP contribution in [0.5, 0.6) is 0 Å². The van der Waals surface area contributed by atoms with Crippen LogP contribution in [0, 0.1) is 6.92 Å². The van der Waals surface area contributed by atoms with Crippen molar-refractivity contribution in [1.82, 2.24) is 9.78 Å². The van der Waals surface area contributed by atoms with Crippen molar-refractivity contribution in [2.45, 2.75) is 26.8 Å². The Hall–Kier alpha value is -1.97. The molecule has 1 heterocycles. The molecule has 1 aromatic carbocycles. The van der Waals surface area contributed by atoms with Gasteiger partial charge >= 0.3 is 0 Å². The van der Waals surface area contributed by atoms with Gasteiger partial charge in [-0.1, -0.05) is 23.8 Å². The molecule has 0 amide bonds. The Morgan fingerprint density at radius 3 is 2.53 bits per heavy atom. The van der Waals surface area contributed by atoms with Gasteiger partial charge in [0.05, 0.1) is 5.69 Å². The van der Waals surface area contributed by atoms with E-state index in [1.807, 2.05) is 16.8 Å². The van der Waals surface area contributed by atoms with E-state index < -0.39 is 0 Å². The number of nitrogens with two attached hydrogens (primary N) is 2. The Morgan fingerprint density at radius 1 is 1.24 bits per heavy atom. The van der Waals surface area contributed by atoms with Crippen LogP contribution < -0.4 is 11.5 Å². The number of anilines is 2. The molecule has 0 radical (unpaired) electrons. The summed E-state index contributed by atoms with van der Waals surface area (Å²) >= 11 is 0. The highest BCUT2D eigenvalue weighted by molar-refractivity contribution is 5.80. The molecule has 0 spiro atoms. The topological polar surface area (TPSA) is 69.9 Å². The molecule has 4 heteroatoms. The largest absolute Gasteiger partial charge is 0.394 e. The van der Waals surface area contributed by atoms with Crippen molar-refractivity contribution in [3.63, 3.8) is 0 Å². The van der Waals surface area contributed by atoms with Crippen molar-refractivity contribution in [2.24, 2.45) is 0 Å². The minimum atomic E-state index is 0.227. The van der Waals surface area contributed by atoms with E-state index in [-0.39, 0.29) is 6.04 Å². The van der Waals surface area contributed by atoms with E-state index in [4.69, 9.17) is 11.5 Å². The number of benzene rings is 1. The van der Waals surface area contributed by atoms with Gasteiger partial charge in [-0.15, -0.1) is 0 Å². The zero-order valence-electron chi connectivity index (χ0n) is 10.4. The van der Waals surface area contributed by atoms with E-state index in [9.17, 15) is 0 Å². The fraction of sp³-hybridized carbons (Fsp3) is 0.308. The molecule has 90 valence electrons. The molecule has 0 aliphatic carbocycles. The number of hydrogen-bond acceptors (Lipinski definition) is 3. The van der Waals surface area contributed by atoms with Crippen molar-refractivity contribution in [1.29, 1.82) is 0 Å². The first-order valence-electron chi connectivity index (χ1n) is 5.71. The van der Waals surface area contributed by atoms with Crippen molar-refractivity contribution in [2.75, 3.05) is 11.5 Å². The van der Waals surface area contributed by atoms with Crippen LogP contribution in [0.1, 0.15) is 25.5 Å². The summed E-state index contributed by atoms with van der Waals surface area (Å²) in [6, 6.07) is 8.41. The van der Waals surface area contributed by atoms with Crippen LogP contribution >= 0.6 is 0 Å². The molecule has 0 fully saturated rings. The van der Waals surface area contributed by atoms with Crippen LogP contribution in [0.4, 0.5) is 11.5 Å². The first kappa shape index (κ1) is 11.5. The predicted molar refractivity (Wildman–Crippen MR) is 71.6 cm³/mol. The Morgan fingerprint density at radius 2 is 1.94 bits per heavy atom. The maximum absolute atomic E-state index is 6.01. The molecule has 0 bridgehead atoms. The van der Waals surface area contributed by atoms with Crippen LogP contribution in [-0.4, -0.2) is 9.78 Å². The van der Waals surface area contributed by atoms with E-state index >= 15 is 0 Å². The van der Waals surface area contributed by atoms with Gasteiger partial charge in [0.2, 0.25) is 0 Å². The summed E-state index contributed by atoms with van der Waals surface area (Å²) in [5.41, 5.74) is 15.5. The molecule has 2 rings (SSSR count). The summed E-state index contributed by atoms with van der Waals surface area (Å²) < 4.78 is 1.87. The van der Waals surface area contributed by atoms with Crippen LogP contribution in [0.15, 0.2) is 24.3 Å². The zero-order chi connectivity index (χ0) is 12.6. The monoisotopic (exact) mass is 230 g/mol. The highest BCUT2D eigenvalue weighted by atomic mass is 15.3. The van der Waals surface area contributed by atoms with Crippen molar-refractivity contribution in [3.05, 3.63) is 29.8 Å². The summed E-state index contributed by atoms with van der Waals surface area (Å²) in [6.45, 7) is 6.18. The maximum atomic E-state index is 6.01. The summed E-state index contributed by atoms with van der Waals surface area (Å²) in [6.07, 6.45) is 0. The lowest BCUT2D eigenvalue weighted by Crippen LogP contribution is -2.05. The van der Waals surface area contributed by atoms with Crippen molar-refractivity contribution < 1.29 is 0 Å². The molecule has 4 N–H and O–H groups in total. The lowest BCUT2D eigenvalue weighted by atomic mass is 10.1. The van der Waals surface area contributed by atoms with Crippen LogP contribution in [0.2, 0.25) is 0 Å². The van der Waals surface area contributed by atoms with Gasteiger partial charge in [0.25, 0.3) is 0 Å². The summed E-state index contributed by atoms with van der Waals surface area (Å²) in [5, 5.41) is 4.29. The van der Waals surface area contributed by atoms with E-state index in [0.717, 1.165) is 11.3 Å². The molecule has 17 heavy (non-hydrogen) atoms. The standard InChI is InChI=1S/C13H18N4/c1-8(2)17-12(11(14)13(15)16-17)10-6-4-5-9(3)7-10/h4-8H,14H2,1-3H3,(H2,15,16). The number of aryl methyl sites for hydroxylation is 1. The Bertz CT molecular complexity index is 540. The molecule has 0 atom stereocenters. The van der Waals surface area contributed by atoms with Gasteiger partial charge < -0.3 is 11.5 Å². The fourth-order valence-electron chi connectivity index (χ4n) is 1.92. The SMILES string of the molecule is Cc1cccc(-c2c(N)c(N)nn2C(C)C)c1. The fourth-order valence-corrected chi connectivity index (χ4v) is 1.92. The summed E-state index contributed by atoms with van der Waals surface area (Å²) in [5.74, 6) is 0.398. The van der Waals surface area contributed by atoms with Crippen molar-refractivity contribution >= 4 is 11.5 Å². The number of rotatable bonds is 2. The molecular formula is C13H18N4. The Balaban J connectivity index is 2.65. The van der Waals surface area contributed by atoms with E-state index in [2.05, 4.69) is 38.0 Å². The molecule has 0 unspecified atom stereocenters. The lowest BCUT2D eigenvalue weighted by Gasteiger charge is -2.11. The highest BCUT2D eigenvalue weighted by Gasteiger charge is 2.16. The van der Waals surface area contributed by atoms with Crippen LogP contribution in [-0.2, 0) is 0 Å². The number of hydrogen-bond donors (Lipinski definition) is 2. The Labute approximate surface area is 101 Å². The summed E-state index contributed by atoms with van der Waals surface area (Å²) in [7, 11) is 0. The molecule has 1 aromatic heterocycles. The number of aromatic nitrogens is 2. The molecule has 0 saturated carbocycles. The quantitative estimate of drug-likeness (QED) is 0.833. The van der Waals surface area contributed by atoms with Gasteiger partial charge in [-0.05, 0) is 26.8 Å². The predicted octanol–water partition coefficient (Wildman–Crippen LogP) is 2.60. The number of nitrogens with zero attached hydrogens (tertiary/aromatic N) is 2. The van der Waals surface area contributed by atoms with Crippen LogP contribution in [0.25, 0.3) is 11.3 Å². The normalized spacial score (nSPS) is 11.1. The molecule has 0 aliphatic rings. The average Bonchev–Trinajstić information content (AvgIpc) is 2.56. The lowest BCUT2D eigenvalue weighted by molar-refractivity contribution is 0.541. The van der Waals surface area contributed by atoms with E-state index in [0.29, 0.717) is 11.5 Å². The van der Waals surface area contributed by atoms with Gasteiger partial charge in [0.15, 0.2) is 5.82 Å². The average molecular weight is 230 g/mol.